The first-order valence-corrected chi connectivity index (χ1v) is 9.91. The number of sulfonamides is 1. The number of aliphatic imine (C=N–C) groups is 1. The Labute approximate surface area is 148 Å². The molecule has 0 saturated carbocycles. The summed E-state index contributed by atoms with van der Waals surface area (Å²) in [5.74, 6) is -1.62. The fourth-order valence-corrected chi connectivity index (χ4v) is 6.31. The number of amidine groups is 1. The Bertz CT molecular complexity index is 940. The van der Waals surface area contributed by atoms with E-state index in [-0.39, 0.29) is 10.7 Å². The van der Waals surface area contributed by atoms with Gasteiger partial charge in [-0.3, -0.25) is 14.5 Å². The molecule has 1 aromatic carbocycles. The summed E-state index contributed by atoms with van der Waals surface area (Å²) in [6.07, 6.45) is 0. The quantitative estimate of drug-likeness (QED) is 0.651. The van der Waals surface area contributed by atoms with Gasteiger partial charge in [0.2, 0.25) is 0 Å². The van der Waals surface area contributed by atoms with Crippen molar-refractivity contribution in [2.24, 2.45) is 4.99 Å². The number of nitrogens with zero attached hydrogens (tertiary/aromatic N) is 2. The molecule has 3 aliphatic rings. The van der Waals surface area contributed by atoms with Crippen molar-refractivity contribution in [2.75, 3.05) is 0 Å². The second kappa shape index (κ2) is 4.98. The highest BCUT2D eigenvalue weighted by molar-refractivity contribution is 8.01. The molecule has 2 saturated heterocycles. The van der Waals surface area contributed by atoms with Gasteiger partial charge in [0.1, 0.15) is 11.2 Å². The number of carboxylic acids is 1. The SMILES string of the molecule is CC1(C)SC2C(N=C3NS(=O)(=O)c4ccccc43)C(=O)N2C1C(=O)[O-]. The van der Waals surface area contributed by atoms with Gasteiger partial charge in [-0.1, -0.05) is 12.1 Å². The zero-order chi connectivity index (χ0) is 18.1. The molecule has 0 spiro atoms. The Kier molecular flexibility index (Phi) is 3.27. The van der Waals surface area contributed by atoms with Gasteiger partial charge in [-0.25, -0.2) is 8.42 Å². The van der Waals surface area contributed by atoms with E-state index >= 15 is 0 Å². The first-order chi connectivity index (χ1) is 11.6. The maximum atomic E-state index is 12.4. The predicted molar refractivity (Wildman–Crippen MR) is 88.2 cm³/mol. The van der Waals surface area contributed by atoms with Gasteiger partial charge < -0.3 is 14.8 Å². The van der Waals surface area contributed by atoms with Crippen molar-refractivity contribution in [3.05, 3.63) is 29.8 Å². The van der Waals surface area contributed by atoms with Crippen LogP contribution in [0.25, 0.3) is 0 Å². The minimum absolute atomic E-state index is 0.115. The van der Waals surface area contributed by atoms with Gasteiger partial charge in [-0.2, -0.15) is 0 Å². The zero-order valence-electron chi connectivity index (χ0n) is 13.3. The van der Waals surface area contributed by atoms with Gasteiger partial charge >= 0.3 is 0 Å². The van der Waals surface area contributed by atoms with E-state index in [0.717, 1.165) is 0 Å². The number of amides is 1. The molecule has 132 valence electrons. The van der Waals surface area contributed by atoms with E-state index < -0.39 is 44.1 Å². The lowest BCUT2D eigenvalue weighted by Crippen LogP contribution is -2.67. The van der Waals surface area contributed by atoms with E-state index in [0.29, 0.717) is 5.56 Å². The average molecular weight is 380 g/mol. The molecule has 1 N–H and O–H groups in total. The number of carbonyl (C=O) groups is 2. The summed E-state index contributed by atoms with van der Waals surface area (Å²) in [5, 5.41) is 11.0. The van der Waals surface area contributed by atoms with E-state index in [9.17, 15) is 23.1 Å². The van der Waals surface area contributed by atoms with Crippen molar-refractivity contribution in [3.63, 3.8) is 0 Å². The average Bonchev–Trinajstić information content (AvgIpc) is 2.94. The van der Waals surface area contributed by atoms with Crippen LogP contribution in [-0.2, 0) is 19.6 Å². The van der Waals surface area contributed by atoms with Crippen LogP contribution in [0.2, 0.25) is 0 Å². The molecule has 0 bridgehead atoms. The number of β-lactam (4-membered cyclic amide) rings is 1. The topological polar surface area (TPSA) is 119 Å². The molecule has 3 unspecified atom stereocenters. The van der Waals surface area contributed by atoms with Crippen LogP contribution in [0.4, 0.5) is 0 Å². The van der Waals surface area contributed by atoms with Crippen molar-refractivity contribution in [1.29, 1.82) is 0 Å². The van der Waals surface area contributed by atoms with Crippen LogP contribution in [0, 0.1) is 0 Å². The number of hydrogen-bond donors (Lipinski definition) is 1. The summed E-state index contributed by atoms with van der Waals surface area (Å²) in [6.45, 7) is 3.48. The summed E-state index contributed by atoms with van der Waals surface area (Å²) in [6, 6.07) is 4.52. The Morgan fingerprint density at radius 1 is 1.36 bits per heavy atom. The summed E-state index contributed by atoms with van der Waals surface area (Å²) >= 11 is 1.33. The highest BCUT2D eigenvalue weighted by Gasteiger charge is 2.62. The summed E-state index contributed by atoms with van der Waals surface area (Å²) in [5.41, 5.74) is 0.410. The first kappa shape index (κ1) is 16.4. The molecule has 3 heterocycles. The maximum absolute atomic E-state index is 12.4. The highest BCUT2D eigenvalue weighted by Crippen LogP contribution is 2.51. The molecule has 1 amide bonds. The van der Waals surface area contributed by atoms with Gasteiger partial charge in [0, 0.05) is 10.3 Å². The molecule has 0 aliphatic carbocycles. The molecule has 4 rings (SSSR count). The molecule has 10 heteroatoms. The van der Waals surface area contributed by atoms with E-state index in [1.807, 2.05) is 0 Å². The first-order valence-electron chi connectivity index (χ1n) is 7.54. The van der Waals surface area contributed by atoms with Crippen molar-refractivity contribution < 1.29 is 23.1 Å². The molecule has 8 nitrogen and oxygen atoms in total. The summed E-state index contributed by atoms with van der Waals surface area (Å²) in [4.78, 5) is 29.5. The van der Waals surface area contributed by atoms with Crippen LogP contribution in [0.5, 0.6) is 0 Å². The largest absolute Gasteiger partial charge is 0.548 e. The van der Waals surface area contributed by atoms with Crippen molar-refractivity contribution in [1.82, 2.24) is 9.62 Å². The monoisotopic (exact) mass is 380 g/mol. The number of hydrogen-bond acceptors (Lipinski definition) is 7. The second-order valence-corrected chi connectivity index (χ2v) is 10.0. The third-order valence-electron chi connectivity index (χ3n) is 4.57. The fourth-order valence-electron chi connectivity index (χ4n) is 3.46. The van der Waals surface area contributed by atoms with Crippen LogP contribution >= 0.6 is 11.8 Å². The summed E-state index contributed by atoms with van der Waals surface area (Å²) < 4.78 is 25.9. The van der Waals surface area contributed by atoms with Crippen molar-refractivity contribution >= 4 is 39.5 Å². The fraction of sp³-hybridized carbons (Fsp3) is 0.400. The smallest absolute Gasteiger partial charge is 0.263 e. The van der Waals surface area contributed by atoms with Crippen LogP contribution in [-0.4, -0.2) is 53.2 Å². The number of carboxylic acid groups (broad SMARTS) is 1. The molecule has 2 fully saturated rings. The minimum Gasteiger partial charge on any atom is -0.548 e. The Morgan fingerprint density at radius 3 is 2.72 bits per heavy atom. The number of benzene rings is 1. The lowest BCUT2D eigenvalue weighted by molar-refractivity contribution is -0.312. The molecule has 3 atom stereocenters. The molecular weight excluding hydrogens is 366 g/mol. The lowest BCUT2D eigenvalue weighted by Gasteiger charge is -2.43. The molecule has 0 radical (unpaired) electrons. The number of aliphatic carboxylic acids is 1. The lowest BCUT2D eigenvalue weighted by atomic mass is 9.96. The van der Waals surface area contributed by atoms with Gasteiger partial charge in [-0.05, 0) is 26.0 Å². The molecule has 3 aliphatic heterocycles. The number of nitrogens with one attached hydrogen (secondary N) is 1. The van der Waals surface area contributed by atoms with Crippen molar-refractivity contribution in [3.8, 4) is 0 Å². The van der Waals surface area contributed by atoms with Crippen LogP contribution in [0.15, 0.2) is 34.2 Å². The molecule has 0 aromatic heterocycles. The summed E-state index contributed by atoms with van der Waals surface area (Å²) in [7, 11) is -3.69. The van der Waals surface area contributed by atoms with E-state index in [1.165, 1.54) is 22.7 Å². The third-order valence-corrected chi connectivity index (χ3v) is 7.52. The Balaban J connectivity index is 1.70. The highest BCUT2D eigenvalue weighted by atomic mass is 32.2. The van der Waals surface area contributed by atoms with Gasteiger partial charge in [0.15, 0.2) is 6.04 Å². The molecular formula is C15H14N3O5S2-. The normalized spacial score (nSPS) is 32.7. The van der Waals surface area contributed by atoms with Gasteiger partial charge in [0.05, 0.1) is 16.9 Å². The molecule has 25 heavy (non-hydrogen) atoms. The second-order valence-electron chi connectivity index (χ2n) is 6.60. The van der Waals surface area contributed by atoms with Crippen LogP contribution in [0.1, 0.15) is 19.4 Å². The predicted octanol–water partition coefficient (Wildman–Crippen LogP) is -1.09. The van der Waals surface area contributed by atoms with Gasteiger partial charge in [-0.15, -0.1) is 11.8 Å². The van der Waals surface area contributed by atoms with E-state index in [1.54, 1.807) is 32.0 Å². The van der Waals surface area contributed by atoms with E-state index in [2.05, 4.69) is 9.71 Å². The molecule has 1 aromatic rings. The standard InChI is InChI=1S/C15H15N3O5S2/c1-15(2)10(14(20)21)18-12(19)9(13(18)24-15)16-11-7-5-3-4-6-8(7)25(22,23)17-11/h3-6,9-10,13H,1-2H3,(H,16,17)(H,20,21)/p-1. The third kappa shape index (κ3) is 2.20. The Hall–Kier alpha value is -2.07. The number of fused-ring (bicyclic) bond motifs is 2. The minimum atomic E-state index is -3.69. The van der Waals surface area contributed by atoms with Gasteiger partial charge in [0.25, 0.3) is 15.9 Å². The van der Waals surface area contributed by atoms with Crippen LogP contribution in [0.3, 0.4) is 0 Å². The Morgan fingerprint density at radius 2 is 2.04 bits per heavy atom. The number of carbonyl (C=O) groups excluding carboxylic acids is 2. The van der Waals surface area contributed by atoms with Crippen molar-refractivity contribution in [2.45, 2.75) is 40.9 Å². The van der Waals surface area contributed by atoms with Crippen LogP contribution < -0.4 is 9.83 Å². The number of rotatable bonds is 2. The zero-order valence-corrected chi connectivity index (χ0v) is 14.9. The number of thioether (sulfide) groups is 1. The van der Waals surface area contributed by atoms with E-state index in [4.69, 9.17) is 0 Å². The maximum Gasteiger partial charge on any atom is 0.263 e.